The highest BCUT2D eigenvalue weighted by Gasteiger charge is 2.20. The van der Waals surface area contributed by atoms with Crippen molar-refractivity contribution in [2.75, 3.05) is 13.7 Å². The molecule has 0 saturated heterocycles. The van der Waals surface area contributed by atoms with Gasteiger partial charge in [0.1, 0.15) is 18.1 Å². The topological polar surface area (TPSA) is 81.7 Å². The molecule has 2 rings (SSSR count). The van der Waals surface area contributed by atoms with Crippen LogP contribution in [0.1, 0.15) is 27.6 Å². The molecule has 7 heteroatoms. The van der Waals surface area contributed by atoms with Crippen LogP contribution in [0.3, 0.4) is 0 Å². The minimum absolute atomic E-state index is 0.231. The average Bonchev–Trinajstić information content (AvgIpc) is 2.66. The highest BCUT2D eigenvalue weighted by Crippen LogP contribution is 2.11. The minimum atomic E-state index is -1.05. The predicted molar refractivity (Wildman–Crippen MR) is 91.6 cm³/mol. The number of hydrogen-bond donors (Lipinski definition) is 1. The maximum absolute atomic E-state index is 12.9. The fourth-order valence-corrected chi connectivity index (χ4v) is 2.14. The number of ketones is 1. The second kappa shape index (κ2) is 8.75. The van der Waals surface area contributed by atoms with Gasteiger partial charge in [0.25, 0.3) is 5.91 Å². The lowest BCUT2D eigenvalue weighted by Crippen LogP contribution is -2.34. The molecule has 0 unspecified atom stereocenters. The summed E-state index contributed by atoms with van der Waals surface area (Å²) in [4.78, 5) is 35.9. The third-order valence-corrected chi connectivity index (χ3v) is 3.55. The zero-order valence-electron chi connectivity index (χ0n) is 14.3. The minimum Gasteiger partial charge on any atom is -0.497 e. The summed E-state index contributed by atoms with van der Waals surface area (Å²) in [6, 6.07) is 11.3. The lowest BCUT2D eigenvalue weighted by atomic mass is 10.1. The Kier molecular flexibility index (Phi) is 6.43. The quantitative estimate of drug-likeness (QED) is 0.606. The molecule has 2 aromatic rings. The average molecular weight is 359 g/mol. The van der Waals surface area contributed by atoms with E-state index in [-0.39, 0.29) is 12.1 Å². The number of rotatable bonds is 7. The summed E-state index contributed by atoms with van der Waals surface area (Å²) >= 11 is 0. The van der Waals surface area contributed by atoms with Gasteiger partial charge >= 0.3 is 5.97 Å². The molecule has 0 aliphatic heterocycles. The Hall–Kier alpha value is -3.22. The molecule has 0 fully saturated rings. The molecular formula is C19H18FNO5. The summed E-state index contributed by atoms with van der Waals surface area (Å²) in [5.74, 6) is -1.53. The van der Waals surface area contributed by atoms with Gasteiger partial charge < -0.3 is 14.8 Å². The van der Waals surface area contributed by atoms with Crippen molar-refractivity contribution in [2.45, 2.75) is 13.0 Å². The van der Waals surface area contributed by atoms with E-state index in [1.165, 1.54) is 26.2 Å². The van der Waals surface area contributed by atoms with Crippen LogP contribution < -0.4 is 10.1 Å². The number of nitrogens with one attached hydrogen (secondary N) is 1. The number of ether oxygens (including phenoxy) is 2. The Balaban J connectivity index is 1.84. The second-order valence-corrected chi connectivity index (χ2v) is 5.41. The van der Waals surface area contributed by atoms with Crippen molar-refractivity contribution in [2.24, 2.45) is 0 Å². The first-order valence-electron chi connectivity index (χ1n) is 7.82. The molecule has 0 radical (unpaired) electrons. The van der Waals surface area contributed by atoms with Crippen molar-refractivity contribution in [3.8, 4) is 5.75 Å². The standard InChI is InChI=1S/C19H18FNO5/c1-12(18(23)13-3-7-15(20)8-4-13)26-17(22)11-21-19(24)14-5-9-16(25-2)10-6-14/h3-10,12H,11H2,1-2H3,(H,21,24)/t12-/m1/s1. The molecule has 1 amide bonds. The molecule has 0 aromatic heterocycles. The summed E-state index contributed by atoms with van der Waals surface area (Å²) in [6.45, 7) is 1.03. The van der Waals surface area contributed by atoms with Gasteiger partial charge in [0.05, 0.1) is 7.11 Å². The smallest absolute Gasteiger partial charge is 0.326 e. The lowest BCUT2D eigenvalue weighted by Gasteiger charge is -2.13. The molecule has 1 N–H and O–H groups in total. The predicted octanol–water partition coefficient (Wildman–Crippen LogP) is 2.38. The monoisotopic (exact) mass is 359 g/mol. The van der Waals surface area contributed by atoms with E-state index in [4.69, 9.17) is 9.47 Å². The van der Waals surface area contributed by atoms with Gasteiger partial charge in [0, 0.05) is 11.1 Å². The molecule has 26 heavy (non-hydrogen) atoms. The van der Waals surface area contributed by atoms with E-state index >= 15 is 0 Å². The Bertz CT molecular complexity index is 787. The Morgan fingerprint density at radius 3 is 2.15 bits per heavy atom. The molecule has 0 aliphatic carbocycles. The molecule has 0 spiro atoms. The van der Waals surface area contributed by atoms with Crippen LogP contribution in [0.15, 0.2) is 48.5 Å². The largest absolute Gasteiger partial charge is 0.497 e. The Labute approximate surface area is 149 Å². The number of amides is 1. The first kappa shape index (κ1) is 19.1. The molecule has 2 aromatic carbocycles. The summed E-state index contributed by atoms with van der Waals surface area (Å²) in [7, 11) is 1.51. The summed E-state index contributed by atoms with van der Waals surface area (Å²) in [5, 5.41) is 2.41. The molecule has 0 aliphatic rings. The van der Waals surface area contributed by atoms with Crippen molar-refractivity contribution in [3.63, 3.8) is 0 Å². The van der Waals surface area contributed by atoms with E-state index in [9.17, 15) is 18.8 Å². The van der Waals surface area contributed by atoms with E-state index in [1.54, 1.807) is 24.3 Å². The number of benzene rings is 2. The maximum Gasteiger partial charge on any atom is 0.326 e. The fourth-order valence-electron chi connectivity index (χ4n) is 2.14. The molecule has 0 heterocycles. The van der Waals surface area contributed by atoms with Crippen LogP contribution in [0.4, 0.5) is 4.39 Å². The Morgan fingerprint density at radius 1 is 1.00 bits per heavy atom. The van der Waals surface area contributed by atoms with Crippen LogP contribution in [-0.4, -0.2) is 37.4 Å². The number of carbonyl (C=O) groups excluding carboxylic acids is 3. The highest BCUT2D eigenvalue weighted by molar-refractivity contribution is 6.00. The van der Waals surface area contributed by atoms with Crippen molar-refractivity contribution < 1.29 is 28.2 Å². The highest BCUT2D eigenvalue weighted by atomic mass is 19.1. The number of methoxy groups -OCH3 is 1. The molecule has 136 valence electrons. The number of carbonyl (C=O) groups is 3. The fraction of sp³-hybridized carbons (Fsp3) is 0.211. The summed E-state index contributed by atoms with van der Waals surface area (Å²) in [5.41, 5.74) is 0.586. The number of hydrogen-bond acceptors (Lipinski definition) is 5. The number of esters is 1. The van der Waals surface area contributed by atoms with E-state index in [1.807, 2.05) is 0 Å². The zero-order chi connectivity index (χ0) is 19.1. The zero-order valence-corrected chi connectivity index (χ0v) is 14.3. The van der Waals surface area contributed by atoms with Crippen LogP contribution >= 0.6 is 0 Å². The molecule has 1 atom stereocenters. The van der Waals surface area contributed by atoms with E-state index < -0.39 is 29.6 Å². The third-order valence-electron chi connectivity index (χ3n) is 3.55. The normalized spacial score (nSPS) is 11.3. The van der Waals surface area contributed by atoms with E-state index in [0.717, 1.165) is 12.1 Å². The van der Waals surface area contributed by atoms with Crippen molar-refractivity contribution in [3.05, 3.63) is 65.5 Å². The first-order chi connectivity index (χ1) is 12.4. The first-order valence-corrected chi connectivity index (χ1v) is 7.82. The van der Waals surface area contributed by atoms with Gasteiger partial charge in [0.15, 0.2) is 6.10 Å². The SMILES string of the molecule is COc1ccc(C(=O)NCC(=O)O[C@H](C)C(=O)c2ccc(F)cc2)cc1. The molecule has 6 nitrogen and oxygen atoms in total. The van der Waals surface area contributed by atoms with E-state index in [2.05, 4.69) is 5.32 Å². The number of Topliss-reactive ketones (excluding diaryl/α,β-unsaturated/α-hetero) is 1. The van der Waals surface area contributed by atoms with Crippen molar-refractivity contribution in [1.29, 1.82) is 0 Å². The van der Waals surface area contributed by atoms with Gasteiger partial charge in [-0.05, 0) is 55.5 Å². The van der Waals surface area contributed by atoms with Gasteiger partial charge in [-0.3, -0.25) is 14.4 Å². The Morgan fingerprint density at radius 2 is 1.58 bits per heavy atom. The summed E-state index contributed by atoms with van der Waals surface area (Å²) < 4.78 is 22.9. The van der Waals surface area contributed by atoms with Crippen LogP contribution in [0.2, 0.25) is 0 Å². The lowest BCUT2D eigenvalue weighted by molar-refractivity contribution is -0.145. The summed E-state index contributed by atoms with van der Waals surface area (Å²) in [6.07, 6.45) is -1.05. The number of halogens is 1. The molecule has 0 bridgehead atoms. The molecular weight excluding hydrogens is 341 g/mol. The van der Waals surface area contributed by atoms with Gasteiger partial charge in [-0.2, -0.15) is 0 Å². The maximum atomic E-state index is 12.9. The molecule has 0 saturated carbocycles. The van der Waals surface area contributed by atoms with Crippen molar-refractivity contribution >= 4 is 17.7 Å². The van der Waals surface area contributed by atoms with Gasteiger partial charge in [-0.1, -0.05) is 0 Å². The van der Waals surface area contributed by atoms with Gasteiger partial charge in [0.2, 0.25) is 5.78 Å². The van der Waals surface area contributed by atoms with E-state index in [0.29, 0.717) is 11.3 Å². The van der Waals surface area contributed by atoms with Crippen molar-refractivity contribution in [1.82, 2.24) is 5.32 Å². The van der Waals surface area contributed by atoms with Crippen LogP contribution in [-0.2, 0) is 9.53 Å². The third kappa shape index (κ3) is 5.14. The van der Waals surface area contributed by atoms with Crippen LogP contribution in [0, 0.1) is 5.82 Å². The second-order valence-electron chi connectivity index (χ2n) is 5.41. The van der Waals surface area contributed by atoms with Gasteiger partial charge in [-0.15, -0.1) is 0 Å². The van der Waals surface area contributed by atoms with Gasteiger partial charge in [-0.25, -0.2) is 4.39 Å². The van der Waals surface area contributed by atoms with Crippen LogP contribution in [0.25, 0.3) is 0 Å². The van der Waals surface area contributed by atoms with Crippen LogP contribution in [0.5, 0.6) is 5.75 Å².